The SMILES string of the molecule is O=C(C[C@H]1Sc2ccccc2NC1=O)OC[C@@H]1CC1(Cl)Cl. The lowest BCUT2D eigenvalue weighted by Crippen LogP contribution is -2.31. The van der Waals surface area contributed by atoms with E-state index in [2.05, 4.69) is 5.32 Å². The lowest BCUT2D eigenvalue weighted by Gasteiger charge is -2.23. The summed E-state index contributed by atoms with van der Waals surface area (Å²) < 4.78 is 4.39. The number of carbonyl (C=O) groups is 2. The fourth-order valence-electron chi connectivity index (χ4n) is 2.08. The van der Waals surface area contributed by atoms with Crippen LogP contribution >= 0.6 is 35.0 Å². The summed E-state index contributed by atoms with van der Waals surface area (Å²) in [5.41, 5.74) is 0.782. The Kier molecular flexibility index (Phi) is 4.08. The molecule has 1 aliphatic heterocycles. The van der Waals surface area contributed by atoms with Crippen molar-refractivity contribution in [1.82, 2.24) is 0 Å². The third-order valence-corrected chi connectivity index (χ3v) is 5.66. The van der Waals surface area contributed by atoms with Crippen molar-refractivity contribution in [2.24, 2.45) is 5.92 Å². The highest BCUT2D eigenvalue weighted by Crippen LogP contribution is 2.53. The molecule has 3 rings (SSSR count). The number of halogens is 2. The van der Waals surface area contributed by atoms with Crippen LogP contribution in [-0.4, -0.2) is 28.1 Å². The molecule has 21 heavy (non-hydrogen) atoms. The number of para-hydroxylation sites is 1. The Morgan fingerprint density at radius 3 is 2.86 bits per heavy atom. The number of carbonyl (C=O) groups excluding carboxylic acids is 2. The molecular weight excluding hydrogens is 333 g/mol. The summed E-state index contributed by atoms with van der Waals surface area (Å²) in [7, 11) is 0. The van der Waals surface area contributed by atoms with Gasteiger partial charge in [-0.25, -0.2) is 0 Å². The van der Waals surface area contributed by atoms with Crippen LogP contribution in [0.2, 0.25) is 0 Å². The Balaban J connectivity index is 1.53. The van der Waals surface area contributed by atoms with E-state index in [-0.39, 0.29) is 24.9 Å². The van der Waals surface area contributed by atoms with E-state index >= 15 is 0 Å². The Morgan fingerprint density at radius 2 is 2.14 bits per heavy atom. The van der Waals surface area contributed by atoms with E-state index in [1.165, 1.54) is 11.8 Å². The highest BCUT2D eigenvalue weighted by molar-refractivity contribution is 8.01. The number of rotatable bonds is 4. The van der Waals surface area contributed by atoms with Gasteiger partial charge in [0, 0.05) is 10.8 Å². The Labute approximate surface area is 136 Å². The quantitative estimate of drug-likeness (QED) is 0.672. The molecular formula is C14H13Cl2NO3S. The second-order valence-electron chi connectivity index (χ2n) is 5.14. The first-order chi connectivity index (χ1) is 9.95. The van der Waals surface area contributed by atoms with Crippen LogP contribution in [0.4, 0.5) is 5.69 Å². The monoisotopic (exact) mass is 345 g/mol. The minimum atomic E-state index is -0.754. The number of hydrogen-bond acceptors (Lipinski definition) is 4. The Hall–Kier alpha value is -0.910. The fourth-order valence-corrected chi connectivity index (χ4v) is 3.67. The van der Waals surface area contributed by atoms with Gasteiger partial charge in [0.1, 0.15) is 4.33 Å². The van der Waals surface area contributed by atoms with Gasteiger partial charge in [0.2, 0.25) is 5.91 Å². The lowest BCUT2D eigenvalue weighted by atomic mass is 10.2. The van der Waals surface area contributed by atoms with Gasteiger partial charge in [-0.05, 0) is 18.6 Å². The molecule has 0 radical (unpaired) electrons. The van der Waals surface area contributed by atoms with E-state index in [1.807, 2.05) is 24.3 Å². The number of hydrogen-bond donors (Lipinski definition) is 1. The molecule has 1 aromatic rings. The molecule has 2 aliphatic rings. The molecule has 1 aliphatic carbocycles. The van der Waals surface area contributed by atoms with E-state index in [1.54, 1.807) is 0 Å². The summed E-state index contributed by atoms with van der Waals surface area (Å²) in [6, 6.07) is 7.50. The normalized spacial score (nSPS) is 25.7. The van der Waals surface area contributed by atoms with E-state index in [0.29, 0.717) is 6.42 Å². The zero-order valence-corrected chi connectivity index (χ0v) is 13.3. The van der Waals surface area contributed by atoms with Crippen molar-refractivity contribution in [1.29, 1.82) is 0 Å². The number of benzene rings is 1. The molecule has 7 heteroatoms. The van der Waals surface area contributed by atoms with Crippen LogP contribution in [0, 0.1) is 5.92 Å². The van der Waals surface area contributed by atoms with Gasteiger partial charge in [0.15, 0.2) is 0 Å². The van der Waals surface area contributed by atoms with Gasteiger partial charge in [-0.3, -0.25) is 9.59 Å². The van der Waals surface area contributed by atoms with Gasteiger partial charge >= 0.3 is 5.97 Å². The minimum Gasteiger partial charge on any atom is -0.465 e. The molecule has 1 aromatic carbocycles. The molecule has 0 aromatic heterocycles. The van der Waals surface area contributed by atoms with Gasteiger partial charge in [-0.15, -0.1) is 35.0 Å². The van der Waals surface area contributed by atoms with Crippen molar-refractivity contribution < 1.29 is 14.3 Å². The third-order valence-electron chi connectivity index (χ3n) is 3.46. The first kappa shape index (κ1) is 15.0. The summed E-state index contributed by atoms with van der Waals surface area (Å²) in [5.74, 6) is -0.581. The van der Waals surface area contributed by atoms with Crippen LogP contribution in [0.5, 0.6) is 0 Å². The molecule has 1 heterocycles. The maximum Gasteiger partial charge on any atom is 0.307 e. The largest absolute Gasteiger partial charge is 0.465 e. The predicted octanol–water partition coefficient (Wildman–Crippen LogP) is 3.23. The van der Waals surface area contributed by atoms with Gasteiger partial charge < -0.3 is 10.1 Å². The smallest absolute Gasteiger partial charge is 0.307 e. The van der Waals surface area contributed by atoms with Crippen LogP contribution in [0.1, 0.15) is 12.8 Å². The Bertz CT molecular complexity index is 593. The molecule has 4 nitrogen and oxygen atoms in total. The summed E-state index contributed by atoms with van der Waals surface area (Å²) in [4.78, 5) is 24.7. The number of amides is 1. The van der Waals surface area contributed by atoms with Crippen LogP contribution < -0.4 is 5.32 Å². The molecule has 1 fully saturated rings. The zero-order valence-electron chi connectivity index (χ0n) is 11.0. The predicted molar refractivity (Wildman–Crippen MR) is 82.8 cm³/mol. The molecule has 1 saturated carbocycles. The average molecular weight is 346 g/mol. The van der Waals surface area contributed by atoms with Crippen molar-refractivity contribution in [2.45, 2.75) is 27.3 Å². The summed E-state index contributed by atoms with van der Waals surface area (Å²) in [6.45, 7) is 0.210. The molecule has 1 N–H and O–H groups in total. The van der Waals surface area contributed by atoms with Crippen molar-refractivity contribution in [3.63, 3.8) is 0 Å². The maximum absolute atomic E-state index is 12.0. The zero-order chi connectivity index (χ0) is 15.0. The number of ether oxygens (including phenoxy) is 1. The van der Waals surface area contributed by atoms with Crippen molar-refractivity contribution >= 4 is 52.5 Å². The van der Waals surface area contributed by atoms with Gasteiger partial charge in [0.25, 0.3) is 0 Å². The number of nitrogens with one attached hydrogen (secondary N) is 1. The molecule has 0 bridgehead atoms. The fraction of sp³-hybridized carbons (Fsp3) is 0.429. The molecule has 2 atom stereocenters. The average Bonchev–Trinajstić information content (AvgIpc) is 3.05. The lowest BCUT2D eigenvalue weighted by molar-refractivity contribution is -0.144. The first-order valence-corrected chi connectivity index (χ1v) is 8.19. The van der Waals surface area contributed by atoms with E-state index in [0.717, 1.165) is 10.6 Å². The summed E-state index contributed by atoms with van der Waals surface area (Å²) in [6.07, 6.45) is 0.671. The summed E-state index contributed by atoms with van der Waals surface area (Å²) >= 11 is 13.1. The maximum atomic E-state index is 12.0. The van der Waals surface area contributed by atoms with Crippen LogP contribution in [0.3, 0.4) is 0 Å². The highest BCUT2D eigenvalue weighted by Gasteiger charge is 2.52. The van der Waals surface area contributed by atoms with Crippen LogP contribution in [-0.2, 0) is 14.3 Å². The second-order valence-corrected chi connectivity index (χ2v) is 7.93. The molecule has 112 valence electrons. The minimum absolute atomic E-state index is 0.00153. The second kappa shape index (κ2) is 5.71. The van der Waals surface area contributed by atoms with Crippen molar-refractivity contribution in [2.75, 3.05) is 11.9 Å². The first-order valence-electron chi connectivity index (χ1n) is 6.56. The van der Waals surface area contributed by atoms with Crippen LogP contribution in [0.15, 0.2) is 29.2 Å². The van der Waals surface area contributed by atoms with Gasteiger partial charge in [0.05, 0.1) is 24.0 Å². The van der Waals surface area contributed by atoms with Gasteiger partial charge in [-0.1, -0.05) is 12.1 Å². The van der Waals surface area contributed by atoms with Crippen LogP contribution in [0.25, 0.3) is 0 Å². The molecule has 0 spiro atoms. The van der Waals surface area contributed by atoms with E-state index in [4.69, 9.17) is 27.9 Å². The van der Waals surface area contributed by atoms with Crippen molar-refractivity contribution in [3.8, 4) is 0 Å². The molecule has 0 unspecified atom stereocenters. The van der Waals surface area contributed by atoms with Gasteiger partial charge in [-0.2, -0.15) is 0 Å². The number of thioether (sulfide) groups is 1. The third kappa shape index (κ3) is 3.47. The number of anilines is 1. The van der Waals surface area contributed by atoms with Crippen molar-refractivity contribution in [3.05, 3.63) is 24.3 Å². The standard InChI is InChI=1S/C14H13Cl2NO3S/c15-14(16)6-8(14)7-20-12(18)5-11-13(19)17-9-3-1-2-4-10(9)21-11/h1-4,8,11H,5-7H2,(H,17,19)/t8-,11+/m0/s1. The van der Waals surface area contributed by atoms with E-state index in [9.17, 15) is 9.59 Å². The van der Waals surface area contributed by atoms with E-state index < -0.39 is 15.6 Å². The highest BCUT2D eigenvalue weighted by atomic mass is 35.5. The Morgan fingerprint density at radius 1 is 1.43 bits per heavy atom. The number of esters is 1. The molecule has 0 saturated heterocycles. The molecule has 1 amide bonds. The summed E-state index contributed by atoms with van der Waals surface area (Å²) in [5, 5.41) is 2.33. The number of fused-ring (bicyclic) bond motifs is 1. The topological polar surface area (TPSA) is 55.4 Å². The number of alkyl halides is 2.